The van der Waals surface area contributed by atoms with Gasteiger partial charge in [0.05, 0.1) is 27.2 Å². The van der Waals surface area contributed by atoms with Crippen molar-refractivity contribution in [2.75, 3.05) is 26.6 Å². The van der Waals surface area contributed by atoms with Gasteiger partial charge < -0.3 is 24.3 Å². The predicted molar refractivity (Wildman–Crippen MR) is 108 cm³/mol. The second-order valence-corrected chi connectivity index (χ2v) is 6.79. The Morgan fingerprint density at radius 1 is 0.897 bits per heavy atom. The molecule has 154 valence electrons. The topological polar surface area (TPSA) is 83.1 Å². The molecule has 0 aromatic heterocycles. The third kappa shape index (κ3) is 4.80. The van der Waals surface area contributed by atoms with Crippen molar-refractivity contribution >= 4 is 17.6 Å². The summed E-state index contributed by atoms with van der Waals surface area (Å²) >= 11 is 0. The molecular weight excluding hydrogens is 374 g/mol. The van der Waals surface area contributed by atoms with Crippen LogP contribution in [0.1, 0.15) is 36.0 Å². The lowest BCUT2D eigenvalue weighted by molar-refractivity contribution is -0.138. The van der Waals surface area contributed by atoms with Gasteiger partial charge in [-0.05, 0) is 49.2 Å². The van der Waals surface area contributed by atoms with Gasteiger partial charge in [-0.1, -0.05) is 12.8 Å². The minimum Gasteiger partial charge on any atom is -0.493 e. The molecule has 0 atom stereocenters. The molecule has 1 N–H and O–H groups in total. The summed E-state index contributed by atoms with van der Waals surface area (Å²) in [7, 11) is 4.48. The lowest BCUT2D eigenvalue weighted by Gasteiger charge is -2.14. The third-order valence-corrected chi connectivity index (χ3v) is 4.95. The minimum atomic E-state index is -0.333. The molecule has 1 aliphatic rings. The summed E-state index contributed by atoms with van der Waals surface area (Å²) in [6.45, 7) is 0. The Labute approximate surface area is 169 Å². The van der Waals surface area contributed by atoms with Crippen molar-refractivity contribution < 1.29 is 28.5 Å². The van der Waals surface area contributed by atoms with Crippen molar-refractivity contribution in [1.82, 2.24) is 0 Å². The number of hydrogen-bond donors (Lipinski definition) is 1. The Balaban J connectivity index is 1.68. The highest BCUT2D eigenvalue weighted by atomic mass is 16.5. The molecular formula is C22H25NO6. The van der Waals surface area contributed by atoms with Crippen LogP contribution in [0.4, 0.5) is 5.69 Å². The maximum Gasteiger partial charge on any atom is 0.314 e. The second-order valence-electron chi connectivity index (χ2n) is 6.79. The Bertz CT molecular complexity index is 846. The van der Waals surface area contributed by atoms with Gasteiger partial charge in [-0.2, -0.15) is 0 Å². The first-order valence-corrected chi connectivity index (χ1v) is 9.48. The quantitative estimate of drug-likeness (QED) is 0.558. The van der Waals surface area contributed by atoms with Gasteiger partial charge in [0.1, 0.15) is 5.75 Å². The molecule has 7 nitrogen and oxygen atoms in total. The summed E-state index contributed by atoms with van der Waals surface area (Å²) in [6, 6.07) is 9.86. The van der Waals surface area contributed by atoms with Crippen molar-refractivity contribution in [2.45, 2.75) is 25.7 Å². The van der Waals surface area contributed by atoms with Crippen molar-refractivity contribution in [2.24, 2.45) is 5.92 Å². The van der Waals surface area contributed by atoms with Gasteiger partial charge in [0.25, 0.3) is 5.91 Å². The van der Waals surface area contributed by atoms with E-state index in [9.17, 15) is 9.59 Å². The second kappa shape index (κ2) is 9.32. The smallest absolute Gasteiger partial charge is 0.314 e. The highest BCUT2D eigenvalue weighted by molar-refractivity contribution is 6.05. The number of hydrogen-bond acceptors (Lipinski definition) is 6. The van der Waals surface area contributed by atoms with Crippen LogP contribution in [0.2, 0.25) is 0 Å². The first-order chi connectivity index (χ1) is 14.0. The zero-order valence-corrected chi connectivity index (χ0v) is 16.8. The molecule has 1 amide bonds. The van der Waals surface area contributed by atoms with Crippen LogP contribution in [0.15, 0.2) is 36.4 Å². The van der Waals surface area contributed by atoms with E-state index in [4.69, 9.17) is 18.9 Å². The SMILES string of the molecule is COc1cc(C(=O)Nc2ccc(OC(=O)C3CCCC3)cc2)cc(OC)c1OC. The van der Waals surface area contributed by atoms with Gasteiger partial charge in [-0.15, -0.1) is 0 Å². The molecule has 3 rings (SSSR count). The molecule has 2 aromatic carbocycles. The van der Waals surface area contributed by atoms with E-state index in [0.717, 1.165) is 25.7 Å². The average molecular weight is 399 g/mol. The predicted octanol–water partition coefficient (Wildman–Crippen LogP) is 4.06. The van der Waals surface area contributed by atoms with Gasteiger partial charge >= 0.3 is 5.97 Å². The van der Waals surface area contributed by atoms with E-state index < -0.39 is 0 Å². The molecule has 29 heavy (non-hydrogen) atoms. The molecule has 1 saturated carbocycles. The molecule has 0 saturated heterocycles. The fraction of sp³-hybridized carbons (Fsp3) is 0.364. The summed E-state index contributed by atoms with van der Waals surface area (Å²) < 4.78 is 21.3. The molecule has 1 fully saturated rings. The Kier molecular flexibility index (Phi) is 6.59. The number of benzene rings is 2. The van der Waals surface area contributed by atoms with Gasteiger partial charge in [0.2, 0.25) is 5.75 Å². The van der Waals surface area contributed by atoms with Crippen molar-refractivity contribution in [3.05, 3.63) is 42.0 Å². The van der Waals surface area contributed by atoms with Gasteiger partial charge in [-0.3, -0.25) is 9.59 Å². The Morgan fingerprint density at radius 2 is 1.48 bits per heavy atom. The molecule has 1 aliphatic carbocycles. The highest BCUT2D eigenvalue weighted by Gasteiger charge is 2.24. The molecule has 7 heteroatoms. The van der Waals surface area contributed by atoms with Crippen LogP contribution in [-0.4, -0.2) is 33.2 Å². The minimum absolute atomic E-state index is 0.00517. The normalized spacial score (nSPS) is 13.6. The number of anilines is 1. The molecule has 0 radical (unpaired) electrons. The average Bonchev–Trinajstić information content (AvgIpc) is 3.29. The van der Waals surface area contributed by atoms with E-state index in [-0.39, 0.29) is 17.8 Å². The summed E-state index contributed by atoms with van der Waals surface area (Å²) in [5.41, 5.74) is 0.931. The number of esters is 1. The molecule has 0 heterocycles. The Hall–Kier alpha value is -3.22. The maximum absolute atomic E-state index is 12.6. The van der Waals surface area contributed by atoms with Crippen LogP contribution < -0.4 is 24.3 Å². The van der Waals surface area contributed by atoms with Crippen LogP contribution >= 0.6 is 0 Å². The molecule has 2 aromatic rings. The summed E-state index contributed by atoms with van der Waals surface area (Å²) in [4.78, 5) is 24.7. The van der Waals surface area contributed by atoms with Crippen molar-refractivity contribution in [3.8, 4) is 23.0 Å². The zero-order chi connectivity index (χ0) is 20.8. The van der Waals surface area contributed by atoms with E-state index >= 15 is 0 Å². The van der Waals surface area contributed by atoms with Crippen LogP contribution in [0, 0.1) is 5.92 Å². The highest BCUT2D eigenvalue weighted by Crippen LogP contribution is 2.38. The number of rotatable bonds is 7. The third-order valence-electron chi connectivity index (χ3n) is 4.95. The monoisotopic (exact) mass is 399 g/mol. The van der Waals surface area contributed by atoms with Gasteiger partial charge in [0.15, 0.2) is 11.5 Å². The fourth-order valence-electron chi connectivity index (χ4n) is 3.38. The summed E-state index contributed by atoms with van der Waals surface area (Å²) in [6.07, 6.45) is 3.93. The molecule has 0 bridgehead atoms. The molecule has 0 aliphatic heterocycles. The van der Waals surface area contributed by atoms with Gasteiger partial charge in [0, 0.05) is 11.3 Å². The van der Waals surface area contributed by atoms with E-state index in [1.54, 1.807) is 36.4 Å². The van der Waals surface area contributed by atoms with Crippen LogP contribution in [-0.2, 0) is 4.79 Å². The Morgan fingerprint density at radius 3 is 2.00 bits per heavy atom. The lowest BCUT2D eigenvalue weighted by Crippen LogP contribution is -2.17. The molecule has 0 spiro atoms. The van der Waals surface area contributed by atoms with Crippen molar-refractivity contribution in [1.29, 1.82) is 0 Å². The van der Waals surface area contributed by atoms with Crippen LogP contribution in [0.3, 0.4) is 0 Å². The summed E-state index contributed by atoms with van der Waals surface area (Å²) in [5, 5.41) is 2.80. The number of carbonyl (C=O) groups excluding carboxylic acids is 2. The van der Waals surface area contributed by atoms with E-state index in [1.807, 2.05) is 0 Å². The first-order valence-electron chi connectivity index (χ1n) is 9.48. The largest absolute Gasteiger partial charge is 0.493 e. The standard InChI is InChI=1S/C22H25NO6/c1-26-18-12-15(13-19(27-2)20(18)28-3)21(24)23-16-8-10-17(11-9-16)29-22(25)14-6-4-5-7-14/h8-14H,4-7H2,1-3H3,(H,23,24). The molecule has 0 unspecified atom stereocenters. The number of methoxy groups -OCH3 is 3. The van der Waals surface area contributed by atoms with Gasteiger partial charge in [-0.25, -0.2) is 0 Å². The number of amides is 1. The lowest BCUT2D eigenvalue weighted by atomic mass is 10.1. The first kappa shape index (κ1) is 20.5. The van der Waals surface area contributed by atoms with Crippen LogP contribution in [0.25, 0.3) is 0 Å². The van der Waals surface area contributed by atoms with Crippen LogP contribution in [0.5, 0.6) is 23.0 Å². The van der Waals surface area contributed by atoms with E-state index in [0.29, 0.717) is 34.2 Å². The summed E-state index contributed by atoms with van der Waals surface area (Å²) in [5.74, 6) is 1.15. The number of carbonyl (C=O) groups is 2. The van der Waals surface area contributed by atoms with Crippen molar-refractivity contribution in [3.63, 3.8) is 0 Å². The van der Waals surface area contributed by atoms with E-state index in [1.165, 1.54) is 21.3 Å². The fourth-order valence-corrected chi connectivity index (χ4v) is 3.38. The maximum atomic E-state index is 12.6. The number of ether oxygens (including phenoxy) is 4. The number of nitrogens with one attached hydrogen (secondary N) is 1. The zero-order valence-electron chi connectivity index (χ0n) is 16.8. The van der Waals surface area contributed by atoms with E-state index in [2.05, 4.69) is 5.32 Å².